The molecular weight excluding hydrogens is 475 g/mol. The lowest BCUT2D eigenvalue weighted by Gasteiger charge is -2.25. The van der Waals surface area contributed by atoms with E-state index in [4.69, 9.17) is 9.47 Å². The number of rotatable bonds is 7. The Morgan fingerprint density at radius 3 is 2.68 bits per heavy atom. The molecule has 0 saturated heterocycles. The van der Waals surface area contributed by atoms with E-state index in [0.717, 1.165) is 16.1 Å². The Balaban J connectivity index is 1.35. The molecule has 34 heavy (non-hydrogen) atoms. The van der Waals surface area contributed by atoms with Crippen LogP contribution in [0, 0.1) is 5.82 Å². The predicted octanol–water partition coefficient (Wildman–Crippen LogP) is 4.78. The molecule has 0 unspecified atom stereocenters. The van der Waals surface area contributed by atoms with E-state index in [1.807, 2.05) is 42.8 Å². The van der Waals surface area contributed by atoms with Gasteiger partial charge in [-0.25, -0.2) is 4.39 Å². The summed E-state index contributed by atoms with van der Waals surface area (Å²) in [5.74, 6) is 1.72. The number of hydrogen-bond donors (Lipinski definition) is 0. The van der Waals surface area contributed by atoms with Crippen LogP contribution in [-0.2, 0) is 18.4 Å². The Labute approximate surface area is 204 Å². The monoisotopic (exact) mass is 496 g/mol. The van der Waals surface area contributed by atoms with Crippen LogP contribution in [-0.4, -0.2) is 39.6 Å². The molecule has 3 heterocycles. The van der Waals surface area contributed by atoms with Gasteiger partial charge in [0.2, 0.25) is 5.91 Å². The highest BCUT2D eigenvalue weighted by atomic mass is 32.2. The van der Waals surface area contributed by atoms with Crippen LogP contribution in [0.5, 0.6) is 11.5 Å². The van der Waals surface area contributed by atoms with Gasteiger partial charge in [-0.15, -0.1) is 21.5 Å². The molecule has 5 rings (SSSR count). The Hall–Kier alpha value is -3.37. The van der Waals surface area contributed by atoms with Crippen LogP contribution in [0.1, 0.15) is 4.88 Å². The van der Waals surface area contributed by atoms with Gasteiger partial charge in [0.1, 0.15) is 19.0 Å². The molecule has 174 valence electrons. The van der Waals surface area contributed by atoms with Crippen molar-refractivity contribution in [3.8, 4) is 22.9 Å². The van der Waals surface area contributed by atoms with Crippen LogP contribution in [0.15, 0.2) is 65.1 Å². The third-order valence-electron chi connectivity index (χ3n) is 5.29. The molecule has 2 aromatic carbocycles. The van der Waals surface area contributed by atoms with Gasteiger partial charge in [0.15, 0.2) is 22.5 Å². The van der Waals surface area contributed by atoms with Gasteiger partial charge in [-0.05, 0) is 47.8 Å². The number of amides is 1. The molecule has 1 aliphatic heterocycles. The number of carbonyl (C=O) groups excluding carboxylic acids is 1. The smallest absolute Gasteiger partial charge is 0.237 e. The SMILES string of the molecule is Cn1c(SCC(=O)N(Cc2cccs2)c2ccc3c(c2)OCCO3)nnc1-c1ccc(F)cc1. The number of anilines is 1. The van der Waals surface area contributed by atoms with Crippen molar-refractivity contribution in [2.45, 2.75) is 11.7 Å². The summed E-state index contributed by atoms with van der Waals surface area (Å²) in [6.07, 6.45) is 0. The van der Waals surface area contributed by atoms with Crippen molar-refractivity contribution in [2.75, 3.05) is 23.9 Å². The van der Waals surface area contributed by atoms with Crippen molar-refractivity contribution in [3.63, 3.8) is 0 Å². The minimum atomic E-state index is -0.309. The van der Waals surface area contributed by atoms with Crippen LogP contribution in [0.2, 0.25) is 0 Å². The zero-order valence-corrected chi connectivity index (χ0v) is 19.9. The number of thioether (sulfide) groups is 1. The molecule has 0 radical (unpaired) electrons. The van der Waals surface area contributed by atoms with E-state index < -0.39 is 0 Å². The van der Waals surface area contributed by atoms with Gasteiger partial charge in [0.05, 0.1) is 12.3 Å². The second-order valence-electron chi connectivity index (χ2n) is 7.55. The quantitative estimate of drug-likeness (QED) is 0.343. The topological polar surface area (TPSA) is 69.5 Å². The Morgan fingerprint density at radius 2 is 1.91 bits per heavy atom. The van der Waals surface area contributed by atoms with Crippen LogP contribution in [0.4, 0.5) is 10.1 Å². The summed E-state index contributed by atoms with van der Waals surface area (Å²) in [6.45, 7) is 1.45. The standard InChI is InChI=1S/C24H21FN4O3S2/c1-28-23(16-4-6-17(25)7-5-16)26-27-24(28)34-15-22(30)29(14-19-3-2-12-33-19)18-8-9-20-21(13-18)32-11-10-31-20/h2-9,12-13H,10-11,14-15H2,1H3. The molecule has 0 spiro atoms. The van der Waals surface area contributed by atoms with E-state index in [-0.39, 0.29) is 17.5 Å². The molecule has 0 bridgehead atoms. The summed E-state index contributed by atoms with van der Waals surface area (Å²) < 4.78 is 26.4. The maximum Gasteiger partial charge on any atom is 0.237 e. The van der Waals surface area contributed by atoms with Crippen molar-refractivity contribution < 1.29 is 18.7 Å². The van der Waals surface area contributed by atoms with Gasteiger partial charge in [-0.1, -0.05) is 17.8 Å². The van der Waals surface area contributed by atoms with Gasteiger partial charge in [0.25, 0.3) is 0 Å². The number of aromatic nitrogens is 3. The first kappa shape index (κ1) is 22.4. The molecule has 0 saturated carbocycles. The summed E-state index contributed by atoms with van der Waals surface area (Å²) in [6, 6.07) is 15.6. The van der Waals surface area contributed by atoms with E-state index in [2.05, 4.69) is 10.2 Å². The van der Waals surface area contributed by atoms with Gasteiger partial charge < -0.3 is 18.9 Å². The van der Waals surface area contributed by atoms with Crippen molar-refractivity contribution in [1.82, 2.24) is 14.8 Å². The molecular formula is C24H21FN4O3S2. The highest BCUT2D eigenvalue weighted by Crippen LogP contribution is 2.35. The lowest BCUT2D eigenvalue weighted by Crippen LogP contribution is -2.32. The third-order valence-corrected chi connectivity index (χ3v) is 7.16. The largest absolute Gasteiger partial charge is 0.486 e. The minimum absolute atomic E-state index is 0.0681. The zero-order chi connectivity index (χ0) is 23.5. The molecule has 1 amide bonds. The molecule has 1 aliphatic rings. The number of nitrogens with zero attached hydrogens (tertiary/aromatic N) is 4. The second kappa shape index (κ2) is 9.86. The first-order chi connectivity index (χ1) is 16.6. The highest BCUT2D eigenvalue weighted by Gasteiger charge is 2.22. The van der Waals surface area contributed by atoms with E-state index >= 15 is 0 Å². The molecule has 0 fully saturated rings. The Morgan fingerprint density at radius 1 is 1.12 bits per heavy atom. The fraction of sp³-hybridized carbons (Fsp3) is 0.208. The summed E-state index contributed by atoms with van der Waals surface area (Å²) >= 11 is 2.91. The first-order valence-corrected chi connectivity index (χ1v) is 12.5. The van der Waals surface area contributed by atoms with Crippen LogP contribution < -0.4 is 14.4 Å². The van der Waals surface area contributed by atoms with E-state index in [1.165, 1.54) is 23.9 Å². The number of thiophene rings is 1. The molecule has 0 atom stereocenters. The summed E-state index contributed by atoms with van der Waals surface area (Å²) in [4.78, 5) is 16.2. The average Bonchev–Trinajstić information content (AvgIpc) is 3.51. The van der Waals surface area contributed by atoms with Crippen molar-refractivity contribution in [1.29, 1.82) is 0 Å². The lowest BCUT2D eigenvalue weighted by molar-refractivity contribution is -0.116. The lowest BCUT2D eigenvalue weighted by atomic mass is 10.2. The maximum atomic E-state index is 13.4. The molecule has 2 aromatic heterocycles. The number of hydrogen-bond acceptors (Lipinski definition) is 7. The van der Waals surface area contributed by atoms with Crippen molar-refractivity contribution in [3.05, 3.63) is 70.7 Å². The number of fused-ring (bicyclic) bond motifs is 1. The second-order valence-corrected chi connectivity index (χ2v) is 9.52. The number of benzene rings is 2. The molecule has 0 N–H and O–H groups in total. The predicted molar refractivity (Wildman–Crippen MR) is 130 cm³/mol. The Bertz CT molecular complexity index is 1290. The van der Waals surface area contributed by atoms with E-state index in [9.17, 15) is 9.18 Å². The highest BCUT2D eigenvalue weighted by molar-refractivity contribution is 7.99. The molecule has 4 aromatic rings. The molecule has 7 nitrogen and oxygen atoms in total. The fourth-order valence-corrected chi connectivity index (χ4v) is 5.06. The van der Waals surface area contributed by atoms with Crippen LogP contribution in [0.25, 0.3) is 11.4 Å². The van der Waals surface area contributed by atoms with Crippen LogP contribution >= 0.6 is 23.1 Å². The molecule has 0 aliphatic carbocycles. The van der Waals surface area contributed by atoms with Crippen LogP contribution in [0.3, 0.4) is 0 Å². The minimum Gasteiger partial charge on any atom is -0.486 e. The van der Waals surface area contributed by atoms with Gasteiger partial charge in [-0.2, -0.15) is 0 Å². The molecule has 10 heteroatoms. The number of halogens is 1. The maximum absolute atomic E-state index is 13.4. The summed E-state index contributed by atoms with van der Waals surface area (Å²) in [5, 5.41) is 11.0. The van der Waals surface area contributed by atoms with Gasteiger partial charge in [0, 0.05) is 29.2 Å². The average molecular weight is 497 g/mol. The summed E-state index contributed by atoms with van der Waals surface area (Å²) in [7, 11) is 1.83. The first-order valence-electron chi connectivity index (χ1n) is 10.6. The van der Waals surface area contributed by atoms with Gasteiger partial charge in [-0.3, -0.25) is 4.79 Å². The van der Waals surface area contributed by atoms with E-state index in [0.29, 0.717) is 42.2 Å². The Kier molecular flexibility index (Phi) is 6.50. The number of carbonyl (C=O) groups is 1. The van der Waals surface area contributed by atoms with Gasteiger partial charge >= 0.3 is 0 Å². The normalized spacial score (nSPS) is 12.5. The summed E-state index contributed by atoms with van der Waals surface area (Å²) in [5.41, 5.74) is 1.50. The third kappa shape index (κ3) is 4.78. The number of ether oxygens (including phenoxy) is 2. The van der Waals surface area contributed by atoms with Crippen molar-refractivity contribution in [2.24, 2.45) is 7.05 Å². The fourth-order valence-electron chi connectivity index (χ4n) is 3.58. The van der Waals surface area contributed by atoms with E-state index in [1.54, 1.807) is 32.9 Å². The zero-order valence-electron chi connectivity index (χ0n) is 18.3. The van der Waals surface area contributed by atoms with Crippen molar-refractivity contribution >= 4 is 34.7 Å².